The minimum atomic E-state index is -0.401. The summed E-state index contributed by atoms with van der Waals surface area (Å²) in [6.07, 6.45) is 2.11. The Morgan fingerprint density at radius 1 is 1.11 bits per heavy atom. The predicted molar refractivity (Wildman–Crippen MR) is 133 cm³/mol. The molecule has 2 aromatic rings. The van der Waals surface area contributed by atoms with E-state index in [1.54, 1.807) is 13.3 Å². The fraction of sp³-hybridized carbons (Fsp3) is 0.444. The van der Waals surface area contributed by atoms with Crippen LogP contribution in [0.1, 0.15) is 39.2 Å². The number of hydrogen-bond acceptors (Lipinski definition) is 9. The van der Waals surface area contributed by atoms with Crippen LogP contribution in [0.5, 0.6) is 5.75 Å². The zero-order valence-electron chi connectivity index (χ0n) is 21.3. The van der Waals surface area contributed by atoms with E-state index >= 15 is 0 Å². The molecule has 36 heavy (non-hydrogen) atoms. The average molecular weight is 496 g/mol. The summed E-state index contributed by atoms with van der Waals surface area (Å²) in [6.45, 7) is 8.14. The first-order chi connectivity index (χ1) is 17.3. The Morgan fingerprint density at radius 2 is 1.89 bits per heavy atom. The van der Waals surface area contributed by atoms with E-state index < -0.39 is 5.97 Å². The molecule has 0 radical (unpaired) electrons. The first-order valence-corrected chi connectivity index (χ1v) is 12.1. The summed E-state index contributed by atoms with van der Waals surface area (Å²) < 4.78 is 15.7. The van der Waals surface area contributed by atoms with Crippen molar-refractivity contribution in [3.8, 4) is 5.75 Å². The first kappa shape index (κ1) is 25.7. The SMILES string of the molecule is COCCON1C2=c3ncc(OC(=O)CCCOC(C)=O)cc3=C(c3ccccc3)CN2CC1(C)C. The molecular weight excluding hydrogens is 462 g/mol. The lowest BCUT2D eigenvalue weighted by molar-refractivity contribution is -0.162. The van der Waals surface area contributed by atoms with Gasteiger partial charge in [-0.25, -0.2) is 10.0 Å². The van der Waals surface area contributed by atoms with Crippen LogP contribution >= 0.6 is 0 Å². The van der Waals surface area contributed by atoms with Crippen molar-refractivity contribution >= 4 is 23.3 Å². The molecule has 0 atom stereocenters. The highest BCUT2D eigenvalue weighted by atomic mass is 16.7. The molecule has 0 spiro atoms. The molecule has 0 aliphatic carbocycles. The summed E-state index contributed by atoms with van der Waals surface area (Å²) >= 11 is 0. The Morgan fingerprint density at radius 3 is 2.61 bits per heavy atom. The van der Waals surface area contributed by atoms with Crippen LogP contribution in [0.15, 0.2) is 42.6 Å². The van der Waals surface area contributed by atoms with Crippen molar-refractivity contribution in [2.24, 2.45) is 0 Å². The molecule has 1 saturated heterocycles. The third-order valence-electron chi connectivity index (χ3n) is 6.06. The summed E-state index contributed by atoms with van der Waals surface area (Å²) in [4.78, 5) is 36.5. The minimum Gasteiger partial charge on any atom is -0.466 e. The lowest BCUT2D eigenvalue weighted by atomic mass is 10.0. The van der Waals surface area contributed by atoms with E-state index in [1.165, 1.54) is 6.92 Å². The monoisotopic (exact) mass is 495 g/mol. The van der Waals surface area contributed by atoms with Crippen molar-refractivity contribution in [3.05, 3.63) is 58.7 Å². The van der Waals surface area contributed by atoms with Gasteiger partial charge in [0, 0.05) is 38.8 Å². The summed E-state index contributed by atoms with van der Waals surface area (Å²) in [5, 5.41) is 3.61. The van der Waals surface area contributed by atoms with E-state index in [0.717, 1.165) is 34.1 Å². The molecule has 0 unspecified atom stereocenters. The largest absolute Gasteiger partial charge is 0.466 e. The molecule has 2 aliphatic heterocycles. The Bertz CT molecular complexity index is 1230. The summed E-state index contributed by atoms with van der Waals surface area (Å²) in [6, 6.07) is 12.0. The second kappa shape index (κ2) is 11.1. The molecule has 0 saturated carbocycles. The normalized spacial score (nSPS) is 16.0. The zero-order valence-corrected chi connectivity index (χ0v) is 21.3. The number of ether oxygens (including phenoxy) is 3. The number of pyridine rings is 1. The summed E-state index contributed by atoms with van der Waals surface area (Å²) in [5.41, 5.74) is 1.91. The molecule has 9 heteroatoms. The number of rotatable bonds is 10. The molecule has 1 fully saturated rings. The van der Waals surface area contributed by atoms with E-state index in [1.807, 2.05) is 29.3 Å². The third-order valence-corrected chi connectivity index (χ3v) is 6.06. The van der Waals surface area contributed by atoms with Crippen LogP contribution < -0.4 is 15.3 Å². The number of aromatic nitrogens is 1. The van der Waals surface area contributed by atoms with Crippen LogP contribution in [-0.4, -0.2) is 72.4 Å². The molecule has 0 bridgehead atoms. The minimum absolute atomic E-state index is 0.139. The van der Waals surface area contributed by atoms with E-state index in [4.69, 9.17) is 24.0 Å². The van der Waals surface area contributed by atoms with Crippen molar-refractivity contribution < 1.29 is 28.6 Å². The molecule has 192 valence electrons. The van der Waals surface area contributed by atoms with E-state index in [2.05, 4.69) is 30.9 Å². The lowest BCUT2D eigenvalue weighted by Gasteiger charge is -2.31. The van der Waals surface area contributed by atoms with Crippen LogP contribution in [0.2, 0.25) is 0 Å². The molecule has 0 amide bonds. The van der Waals surface area contributed by atoms with Gasteiger partial charge in [0.05, 0.1) is 31.6 Å². The molecule has 4 rings (SSSR count). The number of methoxy groups -OCH3 is 1. The maximum absolute atomic E-state index is 12.4. The highest BCUT2D eigenvalue weighted by molar-refractivity contribution is 5.74. The molecular formula is C27H33N3O6. The van der Waals surface area contributed by atoms with Gasteiger partial charge in [-0.3, -0.25) is 14.4 Å². The average Bonchev–Trinajstić information content (AvgIpc) is 3.11. The lowest BCUT2D eigenvalue weighted by Crippen LogP contribution is -2.46. The van der Waals surface area contributed by atoms with Crippen LogP contribution in [-0.2, 0) is 23.9 Å². The number of carbonyl (C=O) groups excluding carboxylic acids is 2. The van der Waals surface area contributed by atoms with Gasteiger partial charge in [0.2, 0.25) is 0 Å². The fourth-order valence-electron chi connectivity index (χ4n) is 4.53. The molecule has 1 aromatic heterocycles. The Labute approximate surface area is 210 Å². The zero-order chi connectivity index (χ0) is 25.7. The van der Waals surface area contributed by atoms with Gasteiger partial charge in [0.1, 0.15) is 11.1 Å². The number of hydrogen-bond donors (Lipinski definition) is 0. The Balaban J connectivity index is 1.72. The molecule has 1 aromatic carbocycles. The number of carbonyl (C=O) groups is 2. The van der Waals surface area contributed by atoms with Crippen LogP contribution in [0.3, 0.4) is 0 Å². The van der Waals surface area contributed by atoms with Crippen LogP contribution in [0, 0.1) is 0 Å². The van der Waals surface area contributed by atoms with Gasteiger partial charge < -0.3 is 19.1 Å². The second-order valence-electron chi connectivity index (χ2n) is 9.44. The molecule has 0 N–H and O–H groups in total. The van der Waals surface area contributed by atoms with E-state index in [-0.39, 0.29) is 24.5 Å². The number of fused-ring (bicyclic) bond motifs is 2. The quantitative estimate of drug-likeness (QED) is 0.360. The maximum Gasteiger partial charge on any atom is 0.311 e. The first-order valence-electron chi connectivity index (χ1n) is 12.1. The van der Waals surface area contributed by atoms with Crippen LogP contribution in [0.4, 0.5) is 0 Å². The molecule has 9 nitrogen and oxygen atoms in total. The number of hydroxylamine groups is 2. The number of nitrogens with zero attached hydrogens (tertiary/aromatic N) is 3. The Kier molecular flexibility index (Phi) is 7.91. The third kappa shape index (κ3) is 5.68. The second-order valence-corrected chi connectivity index (χ2v) is 9.44. The van der Waals surface area contributed by atoms with Crippen molar-refractivity contribution in [1.82, 2.24) is 14.9 Å². The van der Waals surface area contributed by atoms with Crippen molar-refractivity contribution in [1.29, 1.82) is 0 Å². The summed E-state index contributed by atoms with van der Waals surface area (Å²) in [5.74, 6) is 0.498. The topological polar surface area (TPSA) is 90.4 Å². The fourth-order valence-corrected chi connectivity index (χ4v) is 4.53. The van der Waals surface area contributed by atoms with Gasteiger partial charge >= 0.3 is 11.9 Å². The number of benzene rings is 1. The van der Waals surface area contributed by atoms with Crippen LogP contribution in [0.25, 0.3) is 11.4 Å². The number of esters is 2. The van der Waals surface area contributed by atoms with Gasteiger partial charge in [-0.05, 0) is 37.5 Å². The standard InChI is InChI=1S/C27H33N3O6/c1-19(31)34-12-8-11-24(32)36-21-15-22-23(20-9-6-5-7-10-20)17-29-18-27(2,3)30(35-14-13-33-4)26(29)25(22)28-16-21/h5-7,9-10,15-16H,8,11-14,17-18H2,1-4H3. The Hall–Kier alpha value is -3.43. The maximum atomic E-state index is 12.4. The molecule has 2 aliphatic rings. The smallest absolute Gasteiger partial charge is 0.311 e. The predicted octanol–water partition coefficient (Wildman–Crippen LogP) is 1.58. The van der Waals surface area contributed by atoms with Crippen molar-refractivity contribution in [3.63, 3.8) is 0 Å². The summed E-state index contributed by atoms with van der Waals surface area (Å²) in [7, 11) is 1.65. The van der Waals surface area contributed by atoms with Gasteiger partial charge in [-0.2, -0.15) is 0 Å². The van der Waals surface area contributed by atoms with Crippen molar-refractivity contribution in [2.45, 2.75) is 39.2 Å². The van der Waals surface area contributed by atoms with Gasteiger partial charge in [-0.1, -0.05) is 30.3 Å². The van der Waals surface area contributed by atoms with Gasteiger partial charge in [0.15, 0.2) is 5.82 Å². The van der Waals surface area contributed by atoms with Crippen molar-refractivity contribution in [2.75, 3.05) is 40.0 Å². The highest BCUT2D eigenvalue weighted by Crippen LogP contribution is 2.35. The highest BCUT2D eigenvalue weighted by Gasteiger charge is 2.44. The molecule has 3 heterocycles. The van der Waals surface area contributed by atoms with Gasteiger partial charge in [0.25, 0.3) is 0 Å². The van der Waals surface area contributed by atoms with E-state index in [0.29, 0.717) is 31.9 Å². The van der Waals surface area contributed by atoms with E-state index in [9.17, 15) is 9.59 Å². The van der Waals surface area contributed by atoms with Gasteiger partial charge in [-0.15, -0.1) is 0 Å².